The number of aromatic nitrogens is 2. The van der Waals surface area contributed by atoms with E-state index >= 15 is 0 Å². The van der Waals surface area contributed by atoms with E-state index in [-0.39, 0.29) is 0 Å². The number of hydrogen-bond donors (Lipinski definition) is 0. The fraction of sp³-hybridized carbons (Fsp3) is 0.0175. The fourth-order valence-corrected chi connectivity index (χ4v) is 10.2. The molecule has 0 fully saturated rings. The molecule has 0 bridgehead atoms. The van der Waals surface area contributed by atoms with Gasteiger partial charge >= 0.3 is 0 Å². The van der Waals surface area contributed by atoms with Crippen LogP contribution in [0.5, 0.6) is 0 Å². The number of rotatable bonds is 5. The van der Waals surface area contributed by atoms with Crippen LogP contribution in [-0.4, -0.2) is 9.13 Å². The van der Waals surface area contributed by atoms with Crippen LogP contribution >= 0.6 is 0 Å². The van der Waals surface area contributed by atoms with Gasteiger partial charge in [-0.25, -0.2) is 4.85 Å². The summed E-state index contributed by atoms with van der Waals surface area (Å²) in [7, 11) is 0. The maximum atomic E-state index is 9.78. The molecule has 0 radical (unpaired) electrons. The topological polar surface area (TPSA) is 38.0 Å². The van der Waals surface area contributed by atoms with Crippen LogP contribution in [0.3, 0.4) is 0 Å². The van der Waals surface area contributed by atoms with E-state index in [0.717, 1.165) is 39.1 Å². The highest BCUT2D eigenvalue weighted by Crippen LogP contribution is 2.57. The highest BCUT2D eigenvalue weighted by atomic mass is 15.0. The van der Waals surface area contributed by atoms with Crippen LogP contribution in [-0.2, 0) is 5.41 Å². The van der Waals surface area contributed by atoms with Gasteiger partial charge in [0.25, 0.3) is 0 Å². The minimum absolute atomic E-state index is 0.600. The largest absolute Gasteiger partial charge is 0.309 e. The lowest BCUT2D eigenvalue weighted by atomic mass is 9.67. The Morgan fingerprint density at radius 2 is 0.951 bits per heavy atom. The molecule has 1 aliphatic rings. The molecule has 1 unspecified atom stereocenters. The van der Waals surface area contributed by atoms with Crippen molar-refractivity contribution < 1.29 is 0 Å². The van der Waals surface area contributed by atoms with Gasteiger partial charge < -0.3 is 9.13 Å². The number of nitrogens with zero attached hydrogens (tertiary/aromatic N) is 4. The lowest BCUT2D eigenvalue weighted by Crippen LogP contribution is -2.28. The Labute approximate surface area is 352 Å². The Balaban J connectivity index is 1.06. The summed E-state index contributed by atoms with van der Waals surface area (Å²) >= 11 is 0. The van der Waals surface area contributed by atoms with Gasteiger partial charge in [0.05, 0.1) is 45.7 Å². The average molecular weight is 775 g/mol. The van der Waals surface area contributed by atoms with Crippen LogP contribution in [0, 0.1) is 17.9 Å². The third kappa shape index (κ3) is 4.97. The standard InChI is InChI=1S/C57H34N4/c1-59-42-27-25-41(26-28-42)57(40-23-19-37(36-58)20-24-40)51-16-8-5-13-45(51)46-30-29-44(35-52(46)57)61-54-18-10-7-15-48(54)50-34-39(22-32-56(50)61)38-21-31-55-49(33-38)47-14-6-9-17-53(47)60(55)43-11-3-2-4-12-43/h2-35H. The molecular weight excluding hydrogens is 741 g/mol. The number of para-hydroxylation sites is 3. The minimum atomic E-state index is -0.690. The molecule has 0 saturated heterocycles. The molecule has 0 saturated carbocycles. The van der Waals surface area contributed by atoms with Gasteiger partial charge in [-0.2, -0.15) is 5.26 Å². The van der Waals surface area contributed by atoms with Crippen molar-refractivity contribution in [3.8, 4) is 39.7 Å². The predicted molar refractivity (Wildman–Crippen MR) is 249 cm³/mol. The molecule has 0 N–H and O–H groups in total. The second-order valence-electron chi connectivity index (χ2n) is 15.9. The molecule has 0 spiro atoms. The first-order valence-electron chi connectivity index (χ1n) is 20.5. The van der Waals surface area contributed by atoms with Gasteiger partial charge in [0.1, 0.15) is 0 Å². The number of benzene rings is 9. The molecule has 0 amide bonds. The van der Waals surface area contributed by atoms with Crippen molar-refractivity contribution >= 4 is 49.3 Å². The maximum Gasteiger partial charge on any atom is 0.187 e. The summed E-state index contributed by atoms with van der Waals surface area (Å²) in [6, 6.07) is 75.7. The highest BCUT2D eigenvalue weighted by molar-refractivity contribution is 6.12. The van der Waals surface area contributed by atoms with Gasteiger partial charge in [0, 0.05) is 32.9 Å². The van der Waals surface area contributed by atoms with E-state index in [1.165, 1.54) is 60.4 Å². The Kier molecular flexibility index (Phi) is 7.54. The molecule has 2 aromatic heterocycles. The third-order valence-electron chi connectivity index (χ3n) is 12.9. The molecule has 2 heterocycles. The molecular formula is C57H34N4. The van der Waals surface area contributed by atoms with Gasteiger partial charge in [-0.1, -0.05) is 133 Å². The average Bonchev–Trinajstić information content (AvgIpc) is 3.95. The summed E-state index contributed by atoms with van der Waals surface area (Å²) in [6.45, 7) is 7.70. The van der Waals surface area contributed by atoms with Crippen molar-refractivity contribution in [3.05, 3.63) is 245 Å². The van der Waals surface area contributed by atoms with E-state index in [0.29, 0.717) is 11.3 Å². The first kappa shape index (κ1) is 34.6. The van der Waals surface area contributed by atoms with Gasteiger partial charge in [0.15, 0.2) is 5.69 Å². The third-order valence-corrected chi connectivity index (χ3v) is 12.9. The number of nitriles is 1. The zero-order valence-corrected chi connectivity index (χ0v) is 32.9. The molecule has 4 heteroatoms. The monoisotopic (exact) mass is 774 g/mol. The molecule has 61 heavy (non-hydrogen) atoms. The quantitative estimate of drug-likeness (QED) is 0.161. The lowest BCUT2D eigenvalue weighted by Gasteiger charge is -2.34. The maximum absolute atomic E-state index is 9.78. The van der Waals surface area contributed by atoms with E-state index in [2.05, 4.69) is 202 Å². The van der Waals surface area contributed by atoms with Gasteiger partial charge in [-0.15, -0.1) is 0 Å². The van der Waals surface area contributed by atoms with Crippen molar-refractivity contribution in [1.29, 1.82) is 5.26 Å². The summed E-state index contributed by atoms with van der Waals surface area (Å²) in [5.74, 6) is 0. The Hall–Kier alpha value is -8.44. The fourth-order valence-electron chi connectivity index (χ4n) is 10.2. The van der Waals surface area contributed by atoms with Crippen LogP contribution in [0.2, 0.25) is 0 Å². The lowest BCUT2D eigenvalue weighted by molar-refractivity contribution is 0.767. The number of hydrogen-bond acceptors (Lipinski definition) is 1. The summed E-state index contributed by atoms with van der Waals surface area (Å²) in [5, 5.41) is 14.6. The summed E-state index contributed by atoms with van der Waals surface area (Å²) in [5.41, 5.74) is 16.6. The Bertz CT molecular complexity index is 3590. The molecule has 12 rings (SSSR count). The molecule has 11 aromatic rings. The van der Waals surface area contributed by atoms with Gasteiger partial charge in [-0.05, 0) is 117 Å². The molecule has 0 aliphatic heterocycles. The molecule has 282 valence electrons. The second kappa shape index (κ2) is 13.3. The molecule has 1 atom stereocenters. The van der Waals surface area contributed by atoms with Crippen molar-refractivity contribution in [2.45, 2.75) is 5.41 Å². The minimum Gasteiger partial charge on any atom is -0.309 e. The second-order valence-corrected chi connectivity index (χ2v) is 15.9. The number of fused-ring (bicyclic) bond motifs is 9. The van der Waals surface area contributed by atoms with Crippen LogP contribution in [0.1, 0.15) is 27.8 Å². The van der Waals surface area contributed by atoms with E-state index < -0.39 is 5.41 Å². The molecule has 1 aliphatic carbocycles. The van der Waals surface area contributed by atoms with E-state index in [1.54, 1.807) is 0 Å². The van der Waals surface area contributed by atoms with Crippen LogP contribution < -0.4 is 0 Å². The highest BCUT2D eigenvalue weighted by Gasteiger charge is 2.46. The van der Waals surface area contributed by atoms with Crippen LogP contribution in [0.4, 0.5) is 5.69 Å². The molecule has 4 nitrogen and oxygen atoms in total. The SMILES string of the molecule is [C-]#[N+]c1ccc(C2(c3ccc(C#N)cc3)c3ccccc3-c3ccc(-n4c5ccccc5c5cc(-c6ccc7c(c6)c6ccccc6n7-c6ccccc6)ccc54)cc32)cc1. The van der Waals surface area contributed by atoms with Crippen LogP contribution in [0.25, 0.3) is 82.1 Å². The van der Waals surface area contributed by atoms with Gasteiger partial charge in [-0.3, -0.25) is 0 Å². The van der Waals surface area contributed by atoms with Crippen molar-refractivity contribution in [1.82, 2.24) is 9.13 Å². The van der Waals surface area contributed by atoms with Crippen LogP contribution in [0.15, 0.2) is 206 Å². The zero-order valence-electron chi connectivity index (χ0n) is 32.9. The zero-order chi connectivity index (χ0) is 40.7. The normalized spacial score (nSPS) is 14.3. The van der Waals surface area contributed by atoms with E-state index in [4.69, 9.17) is 6.57 Å². The van der Waals surface area contributed by atoms with Crippen molar-refractivity contribution in [2.24, 2.45) is 0 Å². The van der Waals surface area contributed by atoms with E-state index in [1.807, 2.05) is 24.3 Å². The van der Waals surface area contributed by atoms with Crippen molar-refractivity contribution in [3.63, 3.8) is 0 Å². The smallest absolute Gasteiger partial charge is 0.187 e. The Morgan fingerprint density at radius 3 is 1.57 bits per heavy atom. The summed E-state index contributed by atoms with van der Waals surface area (Å²) in [4.78, 5) is 3.72. The van der Waals surface area contributed by atoms with E-state index in [9.17, 15) is 5.26 Å². The van der Waals surface area contributed by atoms with Crippen molar-refractivity contribution in [2.75, 3.05) is 0 Å². The Morgan fingerprint density at radius 1 is 0.426 bits per heavy atom. The summed E-state index contributed by atoms with van der Waals surface area (Å²) in [6.07, 6.45) is 0. The predicted octanol–water partition coefficient (Wildman–Crippen LogP) is 14.3. The first-order chi connectivity index (χ1) is 30.1. The summed E-state index contributed by atoms with van der Waals surface area (Å²) < 4.78 is 4.76. The first-order valence-corrected chi connectivity index (χ1v) is 20.5. The van der Waals surface area contributed by atoms with Gasteiger partial charge in [0.2, 0.25) is 0 Å². The molecule has 9 aromatic carbocycles.